The van der Waals surface area contributed by atoms with Gasteiger partial charge < -0.3 is 5.32 Å². The van der Waals surface area contributed by atoms with Gasteiger partial charge in [0, 0.05) is 23.7 Å². The van der Waals surface area contributed by atoms with Gasteiger partial charge in [-0.1, -0.05) is 17.7 Å². The summed E-state index contributed by atoms with van der Waals surface area (Å²) in [6, 6.07) is 5.85. The van der Waals surface area contributed by atoms with Crippen molar-refractivity contribution in [3.8, 4) is 0 Å². The number of carbonyl (C=O) groups excluding carboxylic acids is 3. The van der Waals surface area contributed by atoms with Crippen molar-refractivity contribution in [2.24, 2.45) is 5.92 Å². The van der Waals surface area contributed by atoms with Crippen molar-refractivity contribution in [2.45, 2.75) is 25.3 Å². The molecule has 3 amide bonds. The zero-order valence-electron chi connectivity index (χ0n) is 13.5. The number of thiocarbonyl (C=S) groups is 1. The summed E-state index contributed by atoms with van der Waals surface area (Å²) in [7, 11) is 1.52. The molecule has 0 aromatic heterocycles. The Bertz CT molecular complexity index is 753. The van der Waals surface area contributed by atoms with Crippen molar-refractivity contribution in [3.05, 3.63) is 29.3 Å². The zero-order chi connectivity index (χ0) is 18.1. The molecule has 2 N–H and O–H groups in total. The number of hydrogen-bond acceptors (Lipinski definition) is 4. The Balaban J connectivity index is 1.68. The van der Waals surface area contributed by atoms with Gasteiger partial charge in [-0.15, -0.1) is 0 Å². The quantitative estimate of drug-likeness (QED) is 0.757. The normalized spacial score (nSPS) is 20.0. The highest BCUT2D eigenvalue weighted by Crippen LogP contribution is 2.29. The number of rotatable bonds is 5. The molecule has 2 fully saturated rings. The lowest BCUT2D eigenvalue weighted by Crippen LogP contribution is -2.50. The lowest BCUT2D eigenvalue weighted by Gasteiger charge is -2.23. The maximum atomic E-state index is 12.4. The molecule has 1 atom stereocenters. The number of anilines is 1. The number of likely N-dealkylation sites (N-methyl/N-ethyl adjacent to an activating group) is 1. The Labute approximate surface area is 155 Å². The van der Waals surface area contributed by atoms with E-state index in [0.29, 0.717) is 10.7 Å². The first-order valence-electron chi connectivity index (χ1n) is 7.83. The average molecular weight is 381 g/mol. The summed E-state index contributed by atoms with van der Waals surface area (Å²) < 4.78 is 0. The molecule has 132 valence electrons. The molecule has 1 heterocycles. The van der Waals surface area contributed by atoms with Crippen LogP contribution in [0.5, 0.6) is 0 Å². The van der Waals surface area contributed by atoms with Crippen molar-refractivity contribution in [1.82, 2.24) is 15.3 Å². The maximum Gasteiger partial charge on any atom is 0.253 e. The summed E-state index contributed by atoms with van der Waals surface area (Å²) in [6.07, 6.45) is 1.52. The van der Waals surface area contributed by atoms with Crippen LogP contribution in [0.25, 0.3) is 0 Å². The SMILES string of the molecule is CN1C(=O)C(CC(=O)Nc2cccc(Cl)c2)N(NC(=O)C2CC2)C1=S. The Kier molecular flexibility index (Phi) is 4.91. The molecule has 9 heteroatoms. The predicted octanol–water partition coefficient (Wildman–Crippen LogP) is 1.54. The van der Waals surface area contributed by atoms with Gasteiger partial charge in [0.05, 0.1) is 6.42 Å². The molecule has 1 saturated carbocycles. The van der Waals surface area contributed by atoms with Gasteiger partial charge in [-0.25, -0.2) is 5.01 Å². The van der Waals surface area contributed by atoms with Gasteiger partial charge in [0.2, 0.25) is 11.8 Å². The largest absolute Gasteiger partial charge is 0.326 e. The predicted molar refractivity (Wildman–Crippen MR) is 96.6 cm³/mol. The number of carbonyl (C=O) groups is 3. The summed E-state index contributed by atoms with van der Waals surface area (Å²) >= 11 is 11.1. The Hall–Kier alpha value is -2.19. The lowest BCUT2D eigenvalue weighted by atomic mass is 10.2. The van der Waals surface area contributed by atoms with E-state index in [1.54, 1.807) is 24.3 Å². The van der Waals surface area contributed by atoms with Gasteiger partial charge in [0.15, 0.2) is 5.11 Å². The molecule has 1 aliphatic heterocycles. The van der Waals surface area contributed by atoms with E-state index < -0.39 is 6.04 Å². The van der Waals surface area contributed by atoms with E-state index in [9.17, 15) is 14.4 Å². The van der Waals surface area contributed by atoms with Gasteiger partial charge in [-0.3, -0.25) is 24.7 Å². The van der Waals surface area contributed by atoms with Crippen LogP contribution in [0.15, 0.2) is 24.3 Å². The molecular weight excluding hydrogens is 364 g/mol. The Morgan fingerprint density at radius 3 is 2.72 bits per heavy atom. The summed E-state index contributed by atoms with van der Waals surface area (Å²) in [6.45, 7) is 0. The van der Waals surface area contributed by atoms with Gasteiger partial charge in [-0.05, 0) is 43.3 Å². The Morgan fingerprint density at radius 2 is 2.08 bits per heavy atom. The zero-order valence-corrected chi connectivity index (χ0v) is 15.1. The fourth-order valence-corrected chi connectivity index (χ4v) is 2.99. The monoisotopic (exact) mass is 380 g/mol. The topological polar surface area (TPSA) is 81.8 Å². The summed E-state index contributed by atoms with van der Waals surface area (Å²) in [5.41, 5.74) is 3.20. The molecule has 7 nitrogen and oxygen atoms in total. The summed E-state index contributed by atoms with van der Waals surface area (Å²) in [4.78, 5) is 38.0. The van der Waals surface area contributed by atoms with Crippen molar-refractivity contribution in [3.63, 3.8) is 0 Å². The second-order valence-electron chi connectivity index (χ2n) is 6.08. The van der Waals surface area contributed by atoms with Crippen molar-refractivity contribution in [2.75, 3.05) is 12.4 Å². The highest BCUT2D eigenvalue weighted by Gasteiger charge is 2.44. The van der Waals surface area contributed by atoms with E-state index in [1.807, 2.05) is 0 Å². The van der Waals surface area contributed by atoms with Gasteiger partial charge in [-0.2, -0.15) is 0 Å². The molecule has 3 rings (SSSR count). The smallest absolute Gasteiger partial charge is 0.253 e. The van der Waals surface area contributed by atoms with E-state index >= 15 is 0 Å². The molecule has 1 aromatic carbocycles. The number of hydrazine groups is 1. The van der Waals surface area contributed by atoms with Crippen LogP contribution in [0.3, 0.4) is 0 Å². The van der Waals surface area contributed by atoms with Gasteiger partial charge in [0.25, 0.3) is 5.91 Å². The molecule has 25 heavy (non-hydrogen) atoms. The molecule has 1 unspecified atom stereocenters. The molecule has 1 aliphatic carbocycles. The van der Waals surface area contributed by atoms with Crippen LogP contribution in [-0.4, -0.2) is 45.8 Å². The van der Waals surface area contributed by atoms with Crippen LogP contribution in [-0.2, 0) is 14.4 Å². The standard InChI is InChI=1S/C16H17ClN4O3S/c1-20-15(24)12(21(16(20)25)19-14(23)9-5-6-9)8-13(22)18-11-4-2-3-10(17)7-11/h2-4,7,9,12H,5-6,8H2,1H3,(H,18,22)(H,19,23). The van der Waals surface area contributed by atoms with Crippen molar-refractivity contribution >= 4 is 52.3 Å². The fourth-order valence-electron chi connectivity index (χ4n) is 2.54. The summed E-state index contributed by atoms with van der Waals surface area (Å²) in [5.74, 6) is -0.915. The highest BCUT2D eigenvalue weighted by atomic mass is 35.5. The molecule has 2 aliphatic rings. The van der Waals surface area contributed by atoms with E-state index in [2.05, 4.69) is 10.7 Å². The molecular formula is C16H17ClN4O3S. The van der Waals surface area contributed by atoms with E-state index in [4.69, 9.17) is 23.8 Å². The number of halogens is 1. The van der Waals surface area contributed by atoms with E-state index in [0.717, 1.165) is 12.8 Å². The fraction of sp³-hybridized carbons (Fsp3) is 0.375. The number of hydrogen-bond donors (Lipinski definition) is 2. The van der Waals surface area contributed by atoms with Crippen LogP contribution < -0.4 is 10.7 Å². The third kappa shape index (κ3) is 3.91. The maximum absolute atomic E-state index is 12.4. The molecule has 1 aromatic rings. The first kappa shape index (κ1) is 17.6. The number of amides is 3. The first-order chi connectivity index (χ1) is 11.9. The average Bonchev–Trinajstić information content (AvgIpc) is 3.38. The van der Waals surface area contributed by atoms with Crippen LogP contribution in [0.1, 0.15) is 19.3 Å². The second kappa shape index (κ2) is 6.97. The van der Waals surface area contributed by atoms with E-state index in [-0.39, 0.29) is 35.2 Å². The number of nitrogens with zero attached hydrogens (tertiary/aromatic N) is 2. The lowest BCUT2D eigenvalue weighted by molar-refractivity contribution is -0.132. The van der Waals surface area contributed by atoms with Crippen LogP contribution in [0, 0.1) is 5.92 Å². The number of benzene rings is 1. The van der Waals surface area contributed by atoms with Crippen LogP contribution in [0.2, 0.25) is 5.02 Å². The Morgan fingerprint density at radius 1 is 1.36 bits per heavy atom. The molecule has 0 spiro atoms. The summed E-state index contributed by atoms with van der Waals surface area (Å²) in [5, 5.41) is 4.68. The minimum Gasteiger partial charge on any atom is -0.326 e. The molecule has 0 bridgehead atoms. The van der Waals surface area contributed by atoms with Gasteiger partial charge >= 0.3 is 0 Å². The molecule has 0 radical (unpaired) electrons. The van der Waals surface area contributed by atoms with Gasteiger partial charge in [0.1, 0.15) is 6.04 Å². The van der Waals surface area contributed by atoms with Crippen molar-refractivity contribution in [1.29, 1.82) is 0 Å². The molecule has 1 saturated heterocycles. The van der Waals surface area contributed by atoms with Crippen LogP contribution >= 0.6 is 23.8 Å². The third-order valence-electron chi connectivity index (χ3n) is 4.09. The second-order valence-corrected chi connectivity index (χ2v) is 6.88. The number of nitrogens with one attached hydrogen (secondary N) is 2. The van der Waals surface area contributed by atoms with Crippen LogP contribution in [0.4, 0.5) is 5.69 Å². The van der Waals surface area contributed by atoms with Crippen molar-refractivity contribution < 1.29 is 14.4 Å². The first-order valence-corrected chi connectivity index (χ1v) is 8.62. The highest BCUT2D eigenvalue weighted by molar-refractivity contribution is 7.80. The minimum atomic E-state index is -0.862. The van der Waals surface area contributed by atoms with E-state index in [1.165, 1.54) is 17.0 Å². The third-order valence-corrected chi connectivity index (χ3v) is 4.79. The minimum absolute atomic E-state index is 0.0373.